The van der Waals surface area contributed by atoms with Crippen LogP contribution in [-0.4, -0.2) is 22.1 Å². The summed E-state index contributed by atoms with van der Waals surface area (Å²) in [5, 5.41) is 3.60. The summed E-state index contributed by atoms with van der Waals surface area (Å²) in [4.78, 5) is 4.45. The van der Waals surface area contributed by atoms with Crippen molar-refractivity contribution in [3.05, 3.63) is 17.7 Å². The van der Waals surface area contributed by atoms with Crippen molar-refractivity contribution >= 4 is 0 Å². The highest BCUT2D eigenvalue weighted by Gasteiger charge is 2.30. The molecule has 2 rings (SSSR count). The summed E-state index contributed by atoms with van der Waals surface area (Å²) in [7, 11) is 2.06. The third-order valence-corrected chi connectivity index (χ3v) is 3.16. The summed E-state index contributed by atoms with van der Waals surface area (Å²) in [5.74, 6) is 0.563. The molecule has 4 heteroatoms. The first-order valence-electron chi connectivity index (χ1n) is 5.59. The van der Waals surface area contributed by atoms with Crippen molar-refractivity contribution < 1.29 is 0 Å². The van der Waals surface area contributed by atoms with Crippen LogP contribution in [0.25, 0.3) is 0 Å². The van der Waals surface area contributed by atoms with E-state index in [2.05, 4.69) is 35.8 Å². The molecular weight excluding hydrogens is 188 g/mol. The lowest BCUT2D eigenvalue weighted by Gasteiger charge is -2.33. The third kappa shape index (κ3) is 1.79. The Kier molecular flexibility index (Phi) is 2.80. The van der Waals surface area contributed by atoms with Crippen LogP contribution >= 0.6 is 0 Å². The van der Waals surface area contributed by atoms with Gasteiger partial charge in [0, 0.05) is 26.1 Å². The van der Waals surface area contributed by atoms with Crippen LogP contribution in [0.3, 0.4) is 0 Å². The van der Waals surface area contributed by atoms with Crippen LogP contribution in [-0.2, 0) is 13.5 Å². The molecule has 84 valence electrons. The molecule has 0 fully saturated rings. The first-order chi connectivity index (χ1) is 7.13. The van der Waals surface area contributed by atoms with Gasteiger partial charge in [-0.3, -0.25) is 0 Å². The minimum atomic E-state index is 0.375. The van der Waals surface area contributed by atoms with E-state index in [0.717, 1.165) is 6.42 Å². The summed E-state index contributed by atoms with van der Waals surface area (Å²) >= 11 is 0. The van der Waals surface area contributed by atoms with Gasteiger partial charge in [0.15, 0.2) is 0 Å². The van der Waals surface area contributed by atoms with Gasteiger partial charge in [0.25, 0.3) is 0 Å². The average molecular weight is 208 g/mol. The standard InChI is InChI=1S/C11H20N4/c1-7(2)10-11-9(13-6-15(11)3)4-8(5-12)14-10/h6-8,10,14H,4-5,12H2,1-3H3. The summed E-state index contributed by atoms with van der Waals surface area (Å²) in [6.07, 6.45) is 2.86. The van der Waals surface area contributed by atoms with Gasteiger partial charge >= 0.3 is 0 Å². The Morgan fingerprint density at radius 3 is 3.00 bits per heavy atom. The summed E-state index contributed by atoms with van der Waals surface area (Å²) in [6, 6.07) is 0.759. The molecular formula is C11H20N4. The Bertz CT molecular complexity index is 342. The lowest BCUT2D eigenvalue weighted by Crippen LogP contribution is -2.46. The fourth-order valence-electron chi connectivity index (χ4n) is 2.33. The molecule has 2 heterocycles. The predicted octanol–water partition coefficient (Wildman–Crippen LogP) is 0.590. The zero-order valence-corrected chi connectivity index (χ0v) is 9.70. The van der Waals surface area contributed by atoms with Crippen molar-refractivity contribution in [2.75, 3.05) is 6.54 Å². The number of aryl methyl sites for hydroxylation is 1. The van der Waals surface area contributed by atoms with Crippen molar-refractivity contribution in [3.8, 4) is 0 Å². The first kappa shape index (κ1) is 10.6. The minimum absolute atomic E-state index is 0.375. The van der Waals surface area contributed by atoms with Crippen molar-refractivity contribution in [3.63, 3.8) is 0 Å². The SMILES string of the molecule is CC(C)C1NC(CN)Cc2ncn(C)c21. The van der Waals surface area contributed by atoms with E-state index in [1.54, 1.807) is 0 Å². The second-order valence-corrected chi connectivity index (χ2v) is 4.71. The van der Waals surface area contributed by atoms with Crippen molar-refractivity contribution in [1.29, 1.82) is 0 Å². The van der Waals surface area contributed by atoms with E-state index >= 15 is 0 Å². The second-order valence-electron chi connectivity index (χ2n) is 4.71. The predicted molar refractivity (Wildman–Crippen MR) is 60.5 cm³/mol. The van der Waals surface area contributed by atoms with Crippen LogP contribution < -0.4 is 11.1 Å². The molecule has 4 nitrogen and oxygen atoms in total. The maximum Gasteiger partial charge on any atom is 0.0949 e. The van der Waals surface area contributed by atoms with Gasteiger partial charge in [-0.2, -0.15) is 0 Å². The molecule has 0 saturated heterocycles. The highest BCUT2D eigenvalue weighted by atomic mass is 15.1. The van der Waals surface area contributed by atoms with E-state index in [1.807, 2.05) is 6.33 Å². The number of hydrogen-bond donors (Lipinski definition) is 2. The van der Waals surface area contributed by atoms with Gasteiger partial charge in [0.05, 0.1) is 23.8 Å². The number of nitrogens with one attached hydrogen (secondary N) is 1. The van der Waals surface area contributed by atoms with E-state index in [-0.39, 0.29) is 0 Å². The maximum atomic E-state index is 5.73. The number of fused-ring (bicyclic) bond motifs is 1. The lowest BCUT2D eigenvalue weighted by atomic mass is 9.92. The molecule has 0 aromatic carbocycles. The summed E-state index contributed by atoms with van der Waals surface area (Å²) < 4.78 is 2.12. The molecule has 0 aliphatic carbocycles. The van der Waals surface area contributed by atoms with E-state index < -0.39 is 0 Å². The molecule has 1 aromatic rings. The van der Waals surface area contributed by atoms with E-state index in [0.29, 0.717) is 24.5 Å². The monoisotopic (exact) mass is 208 g/mol. The molecule has 0 spiro atoms. The van der Waals surface area contributed by atoms with Gasteiger partial charge < -0.3 is 15.6 Å². The van der Waals surface area contributed by atoms with Gasteiger partial charge in [-0.25, -0.2) is 4.98 Å². The van der Waals surface area contributed by atoms with Crippen LogP contribution in [0.2, 0.25) is 0 Å². The van der Waals surface area contributed by atoms with Crippen molar-refractivity contribution in [2.45, 2.75) is 32.4 Å². The van der Waals surface area contributed by atoms with Gasteiger partial charge in [-0.15, -0.1) is 0 Å². The largest absolute Gasteiger partial charge is 0.336 e. The molecule has 3 N–H and O–H groups in total. The normalized spacial score (nSPS) is 25.7. The molecule has 0 saturated carbocycles. The fraction of sp³-hybridized carbons (Fsp3) is 0.727. The molecule has 1 aliphatic rings. The van der Waals surface area contributed by atoms with Crippen LogP contribution in [0.1, 0.15) is 31.3 Å². The molecule has 15 heavy (non-hydrogen) atoms. The maximum absolute atomic E-state index is 5.73. The number of nitrogens with zero attached hydrogens (tertiary/aromatic N) is 2. The smallest absolute Gasteiger partial charge is 0.0949 e. The second kappa shape index (κ2) is 3.94. The van der Waals surface area contributed by atoms with Gasteiger partial charge in [0.1, 0.15) is 0 Å². The average Bonchev–Trinajstić information content (AvgIpc) is 2.59. The van der Waals surface area contributed by atoms with Crippen LogP contribution in [0, 0.1) is 5.92 Å². The molecule has 0 bridgehead atoms. The quantitative estimate of drug-likeness (QED) is 0.748. The van der Waals surface area contributed by atoms with Crippen LogP contribution in [0.15, 0.2) is 6.33 Å². The Labute approximate surface area is 90.9 Å². The molecule has 1 aromatic heterocycles. The third-order valence-electron chi connectivity index (χ3n) is 3.16. The summed E-state index contributed by atoms with van der Waals surface area (Å²) in [5.41, 5.74) is 8.27. The van der Waals surface area contributed by atoms with E-state index in [1.165, 1.54) is 11.4 Å². The lowest BCUT2D eigenvalue weighted by molar-refractivity contribution is 0.323. The number of imidazole rings is 1. The number of rotatable bonds is 2. The van der Waals surface area contributed by atoms with Crippen LogP contribution in [0.4, 0.5) is 0 Å². The van der Waals surface area contributed by atoms with Crippen LogP contribution in [0.5, 0.6) is 0 Å². The van der Waals surface area contributed by atoms with E-state index in [4.69, 9.17) is 5.73 Å². The number of nitrogens with two attached hydrogens (primary N) is 1. The molecule has 2 unspecified atom stereocenters. The minimum Gasteiger partial charge on any atom is -0.336 e. The van der Waals surface area contributed by atoms with Gasteiger partial charge in [-0.1, -0.05) is 13.8 Å². The molecule has 1 aliphatic heterocycles. The van der Waals surface area contributed by atoms with Crippen molar-refractivity contribution in [2.24, 2.45) is 18.7 Å². The van der Waals surface area contributed by atoms with Gasteiger partial charge in [-0.05, 0) is 5.92 Å². The van der Waals surface area contributed by atoms with Gasteiger partial charge in [0.2, 0.25) is 0 Å². The highest BCUT2D eigenvalue weighted by molar-refractivity contribution is 5.23. The molecule has 0 radical (unpaired) electrons. The molecule has 0 amide bonds. The zero-order valence-electron chi connectivity index (χ0n) is 9.70. The van der Waals surface area contributed by atoms with Crippen molar-refractivity contribution in [1.82, 2.24) is 14.9 Å². The Balaban J connectivity index is 2.36. The topological polar surface area (TPSA) is 55.9 Å². The Morgan fingerprint density at radius 2 is 2.40 bits per heavy atom. The van der Waals surface area contributed by atoms with E-state index in [9.17, 15) is 0 Å². The Morgan fingerprint density at radius 1 is 1.67 bits per heavy atom. The number of hydrogen-bond acceptors (Lipinski definition) is 3. The highest BCUT2D eigenvalue weighted by Crippen LogP contribution is 2.29. The zero-order chi connectivity index (χ0) is 11.0. The fourth-order valence-corrected chi connectivity index (χ4v) is 2.33. The Hall–Kier alpha value is -0.870. The number of aromatic nitrogens is 2. The summed E-state index contributed by atoms with van der Waals surface area (Å²) in [6.45, 7) is 5.14. The first-order valence-corrected chi connectivity index (χ1v) is 5.59. The molecule has 2 atom stereocenters.